The van der Waals surface area contributed by atoms with Crippen molar-refractivity contribution in [2.24, 2.45) is 5.73 Å². The molecule has 2 N–H and O–H groups in total. The molecule has 0 aliphatic heterocycles. The molecule has 3 rings (SSSR count). The van der Waals surface area contributed by atoms with E-state index in [4.69, 9.17) is 22.1 Å². The van der Waals surface area contributed by atoms with E-state index in [2.05, 4.69) is 0 Å². The lowest BCUT2D eigenvalue weighted by molar-refractivity contribution is 0.299. The van der Waals surface area contributed by atoms with Gasteiger partial charge in [-0.15, -0.1) is 0 Å². The molecule has 0 saturated heterocycles. The van der Waals surface area contributed by atoms with Crippen LogP contribution in [-0.2, 0) is 13.0 Å². The van der Waals surface area contributed by atoms with Gasteiger partial charge in [-0.3, -0.25) is 0 Å². The Morgan fingerprint density at radius 2 is 2.10 bits per heavy atom. The predicted molar refractivity (Wildman–Crippen MR) is 77.4 cm³/mol. The van der Waals surface area contributed by atoms with Crippen molar-refractivity contribution in [3.8, 4) is 5.75 Å². The Labute approximate surface area is 122 Å². The Bertz CT molecular complexity index is 644. The molecule has 0 radical (unpaired) electrons. The van der Waals surface area contributed by atoms with Gasteiger partial charge in [-0.05, 0) is 54.3 Å². The first-order valence-electron chi connectivity index (χ1n) is 6.58. The third-order valence-corrected chi connectivity index (χ3v) is 3.88. The van der Waals surface area contributed by atoms with Gasteiger partial charge in [-0.1, -0.05) is 17.7 Å². The fourth-order valence-electron chi connectivity index (χ4n) is 2.53. The summed E-state index contributed by atoms with van der Waals surface area (Å²) in [6.45, 7) is 0.164. The highest BCUT2D eigenvalue weighted by atomic mass is 35.5. The van der Waals surface area contributed by atoms with Gasteiger partial charge in [0.25, 0.3) is 0 Å². The van der Waals surface area contributed by atoms with Crippen LogP contribution in [0, 0.1) is 5.82 Å². The van der Waals surface area contributed by atoms with E-state index in [1.165, 1.54) is 23.3 Å². The zero-order chi connectivity index (χ0) is 14.1. The first kappa shape index (κ1) is 13.4. The molecule has 1 aliphatic carbocycles. The zero-order valence-corrected chi connectivity index (χ0v) is 11.7. The number of halogens is 2. The van der Waals surface area contributed by atoms with Gasteiger partial charge in [0.2, 0.25) is 0 Å². The number of ether oxygens (including phenoxy) is 1. The van der Waals surface area contributed by atoms with Crippen molar-refractivity contribution < 1.29 is 9.13 Å². The molecule has 20 heavy (non-hydrogen) atoms. The second kappa shape index (κ2) is 5.43. The number of nitrogens with two attached hydrogens (primary N) is 1. The third kappa shape index (κ3) is 2.65. The van der Waals surface area contributed by atoms with E-state index in [0.717, 1.165) is 18.6 Å². The highest BCUT2D eigenvalue weighted by Gasteiger charge is 2.19. The van der Waals surface area contributed by atoms with Crippen LogP contribution in [0.2, 0.25) is 5.02 Å². The van der Waals surface area contributed by atoms with Gasteiger partial charge in [-0.25, -0.2) is 4.39 Å². The molecule has 4 heteroatoms. The minimum absolute atomic E-state index is 0.129. The number of benzene rings is 2. The largest absolute Gasteiger partial charge is 0.489 e. The van der Waals surface area contributed by atoms with E-state index >= 15 is 0 Å². The van der Waals surface area contributed by atoms with E-state index in [1.807, 2.05) is 18.2 Å². The molecule has 1 aliphatic rings. The van der Waals surface area contributed by atoms with Crippen molar-refractivity contribution in [1.29, 1.82) is 0 Å². The average Bonchev–Trinajstić information content (AvgIpc) is 2.81. The Kier molecular flexibility index (Phi) is 3.64. The summed E-state index contributed by atoms with van der Waals surface area (Å²) in [5.74, 6) is 0.426. The Morgan fingerprint density at radius 3 is 2.95 bits per heavy atom. The predicted octanol–water partition coefficient (Wildman–Crippen LogP) is 4.00. The molecule has 0 aromatic heterocycles. The second-order valence-electron chi connectivity index (χ2n) is 5.03. The van der Waals surface area contributed by atoms with Crippen LogP contribution in [-0.4, -0.2) is 0 Å². The van der Waals surface area contributed by atoms with Gasteiger partial charge in [0.1, 0.15) is 18.2 Å². The lowest BCUT2D eigenvalue weighted by atomic mass is 10.1. The van der Waals surface area contributed by atoms with E-state index in [0.29, 0.717) is 10.6 Å². The summed E-state index contributed by atoms with van der Waals surface area (Å²) in [4.78, 5) is 0. The lowest BCUT2D eigenvalue weighted by Crippen LogP contribution is -2.05. The van der Waals surface area contributed by atoms with E-state index in [-0.39, 0.29) is 18.5 Å². The highest BCUT2D eigenvalue weighted by Crippen LogP contribution is 2.32. The molecule has 1 atom stereocenters. The van der Waals surface area contributed by atoms with Gasteiger partial charge < -0.3 is 10.5 Å². The topological polar surface area (TPSA) is 35.2 Å². The van der Waals surface area contributed by atoms with Gasteiger partial charge in [0, 0.05) is 16.6 Å². The summed E-state index contributed by atoms with van der Waals surface area (Å²) < 4.78 is 19.2. The molecule has 2 aromatic carbocycles. The Hall–Kier alpha value is -1.58. The maximum atomic E-state index is 13.6. The van der Waals surface area contributed by atoms with Crippen molar-refractivity contribution in [3.05, 3.63) is 63.9 Å². The summed E-state index contributed by atoms with van der Waals surface area (Å²) in [5.41, 5.74) is 8.86. The molecular formula is C16H15ClFNO. The van der Waals surface area contributed by atoms with E-state index in [9.17, 15) is 4.39 Å². The smallest absolute Gasteiger partial charge is 0.129 e. The van der Waals surface area contributed by atoms with Crippen LogP contribution >= 0.6 is 11.6 Å². The fourth-order valence-corrected chi connectivity index (χ4v) is 2.73. The number of rotatable bonds is 3. The van der Waals surface area contributed by atoms with Crippen molar-refractivity contribution >= 4 is 11.6 Å². The highest BCUT2D eigenvalue weighted by molar-refractivity contribution is 6.30. The Morgan fingerprint density at radius 1 is 1.25 bits per heavy atom. The number of aryl methyl sites for hydroxylation is 1. The Balaban J connectivity index is 1.74. The van der Waals surface area contributed by atoms with E-state index < -0.39 is 0 Å². The van der Waals surface area contributed by atoms with Crippen LogP contribution < -0.4 is 10.5 Å². The monoisotopic (exact) mass is 291 g/mol. The number of hydrogen-bond donors (Lipinski definition) is 1. The van der Waals surface area contributed by atoms with Gasteiger partial charge in [-0.2, -0.15) is 0 Å². The summed E-state index contributed by atoms with van der Waals surface area (Å²) >= 11 is 5.86. The molecule has 0 amide bonds. The maximum absolute atomic E-state index is 13.6. The molecule has 0 heterocycles. The molecular weight excluding hydrogens is 277 g/mol. The van der Waals surface area contributed by atoms with Crippen LogP contribution in [0.5, 0.6) is 5.75 Å². The zero-order valence-electron chi connectivity index (χ0n) is 10.9. The van der Waals surface area contributed by atoms with Crippen LogP contribution in [0.4, 0.5) is 4.39 Å². The van der Waals surface area contributed by atoms with Crippen LogP contribution in [0.3, 0.4) is 0 Å². The summed E-state index contributed by atoms with van der Waals surface area (Å²) in [7, 11) is 0. The van der Waals surface area contributed by atoms with E-state index in [1.54, 1.807) is 6.07 Å². The van der Waals surface area contributed by atoms with Crippen LogP contribution in [0.1, 0.15) is 29.2 Å². The molecule has 1 unspecified atom stereocenters. The average molecular weight is 292 g/mol. The molecule has 0 spiro atoms. The quantitative estimate of drug-likeness (QED) is 0.927. The van der Waals surface area contributed by atoms with Gasteiger partial charge >= 0.3 is 0 Å². The number of fused-ring (bicyclic) bond motifs is 1. The molecule has 0 fully saturated rings. The van der Waals surface area contributed by atoms with Gasteiger partial charge in [0.15, 0.2) is 0 Å². The SMILES string of the molecule is NC1CCc2cc(OCc3cc(Cl)ccc3F)ccc21. The van der Waals surface area contributed by atoms with Crippen molar-refractivity contribution in [2.75, 3.05) is 0 Å². The minimum atomic E-state index is -0.308. The first-order chi connectivity index (χ1) is 9.63. The normalized spacial score (nSPS) is 17.1. The first-order valence-corrected chi connectivity index (χ1v) is 6.96. The van der Waals surface area contributed by atoms with Gasteiger partial charge in [0.05, 0.1) is 0 Å². The molecule has 104 valence electrons. The standard InChI is InChI=1S/C16H15ClFNO/c17-12-2-5-15(18)11(7-12)9-20-13-3-4-14-10(8-13)1-6-16(14)19/h2-5,7-8,16H,1,6,9,19H2. The number of hydrogen-bond acceptors (Lipinski definition) is 2. The van der Waals surface area contributed by atoms with Crippen LogP contribution in [0.25, 0.3) is 0 Å². The summed E-state index contributed by atoms with van der Waals surface area (Å²) in [5, 5.41) is 0.505. The maximum Gasteiger partial charge on any atom is 0.129 e. The van der Waals surface area contributed by atoms with Crippen molar-refractivity contribution in [2.45, 2.75) is 25.5 Å². The molecule has 0 bridgehead atoms. The third-order valence-electron chi connectivity index (χ3n) is 3.64. The van der Waals surface area contributed by atoms with Crippen molar-refractivity contribution in [3.63, 3.8) is 0 Å². The molecule has 0 saturated carbocycles. The summed E-state index contributed by atoms with van der Waals surface area (Å²) in [6, 6.07) is 10.5. The second-order valence-corrected chi connectivity index (χ2v) is 5.47. The molecule has 2 nitrogen and oxygen atoms in total. The van der Waals surface area contributed by atoms with Crippen LogP contribution in [0.15, 0.2) is 36.4 Å². The minimum Gasteiger partial charge on any atom is -0.489 e. The molecule has 2 aromatic rings. The fraction of sp³-hybridized carbons (Fsp3) is 0.250. The van der Waals surface area contributed by atoms with Crippen molar-refractivity contribution in [1.82, 2.24) is 0 Å². The lowest BCUT2D eigenvalue weighted by Gasteiger charge is -2.10. The summed E-state index contributed by atoms with van der Waals surface area (Å²) in [6.07, 6.45) is 1.95.